The minimum atomic E-state index is -0.186. The molecule has 0 aliphatic heterocycles. The Kier molecular flexibility index (Phi) is 7.36. The number of rotatable bonds is 7. The Morgan fingerprint density at radius 3 is 2.27 bits per heavy atom. The van der Waals surface area contributed by atoms with E-state index in [2.05, 4.69) is 10.6 Å². The highest BCUT2D eigenvalue weighted by atomic mass is 35.5. The number of methoxy groups -OCH3 is 1. The standard InChI is InChI=1S/C19H21ClN2O3S/c1-12-4-7-17(25-3)16(8-12)22-19(24)11-26-10-18(23)21-15-6-5-14(20)9-13(15)2/h4-9H,10-11H2,1-3H3,(H,21,23)(H,22,24). The van der Waals surface area contributed by atoms with Gasteiger partial charge in [0, 0.05) is 10.7 Å². The highest BCUT2D eigenvalue weighted by Gasteiger charge is 2.10. The third kappa shape index (κ3) is 5.97. The number of hydrogen-bond donors (Lipinski definition) is 2. The molecule has 2 amide bonds. The summed E-state index contributed by atoms with van der Waals surface area (Å²) < 4.78 is 5.23. The molecule has 0 saturated heterocycles. The minimum Gasteiger partial charge on any atom is -0.495 e. The van der Waals surface area contributed by atoms with E-state index < -0.39 is 0 Å². The van der Waals surface area contributed by atoms with Crippen LogP contribution < -0.4 is 15.4 Å². The molecule has 0 spiro atoms. The second kappa shape index (κ2) is 9.50. The molecule has 0 unspecified atom stereocenters. The molecule has 0 fully saturated rings. The van der Waals surface area contributed by atoms with Crippen molar-refractivity contribution in [2.75, 3.05) is 29.2 Å². The molecule has 0 radical (unpaired) electrons. The number of hydrogen-bond acceptors (Lipinski definition) is 4. The number of thioether (sulfide) groups is 1. The summed E-state index contributed by atoms with van der Waals surface area (Å²) in [5.41, 5.74) is 3.25. The lowest BCUT2D eigenvalue weighted by atomic mass is 10.2. The Labute approximate surface area is 162 Å². The maximum absolute atomic E-state index is 12.1. The SMILES string of the molecule is COc1ccc(C)cc1NC(=O)CSCC(=O)Nc1ccc(Cl)cc1C. The van der Waals surface area contributed by atoms with Gasteiger partial charge in [-0.1, -0.05) is 17.7 Å². The molecule has 0 aromatic heterocycles. The predicted molar refractivity (Wildman–Crippen MR) is 109 cm³/mol. The Bertz CT molecular complexity index is 811. The van der Waals surface area contributed by atoms with Crippen molar-refractivity contribution in [1.82, 2.24) is 0 Å². The fraction of sp³-hybridized carbons (Fsp3) is 0.263. The number of amides is 2. The van der Waals surface area contributed by atoms with E-state index >= 15 is 0 Å². The number of carbonyl (C=O) groups excluding carboxylic acids is 2. The van der Waals surface area contributed by atoms with Gasteiger partial charge in [-0.05, 0) is 55.3 Å². The lowest BCUT2D eigenvalue weighted by Crippen LogP contribution is -2.19. The minimum absolute atomic E-state index is 0.165. The summed E-state index contributed by atoms with van der Waals surface area (Å²) in [6, 6.07) is 10.8. The van der Waals surface area contributed by atoms with Crippen LogP contribution in [0.4, 0.5) is 11.4 Å². The van der Waals surface area contributed by atoms with E-state index in [0.29, 0.717) is 22.1 Å². The van der Waals surface area contributed by atoms with Gasteiger partial charge in [0.25, 0.3) is 0 Å². The zero-order valence-corrected chi connectivity index (χ0v) is 16.5. The molecule has 2 N–H and O–H groups in total. The van der Waals surface area contributed by atoms with Crippen molar-refractivity contribution in [3.05, 3.63) is 52.5 Å². The van der Waals surface area contributed by atoms with Crippen LogP contribution in [0.15, 0.2) is 36.4 Å². The van der Waals surface area contributed by atoms with Gasteiger partial charge >= 0.3 is 0 Å². The summed E-state index contributed by atoms with van der Waals surface area (Å²) in [5.74, 6) is 0.602. The number of nitrogens with one attached hydrogen (secondary N) is 2. The maximum Gasteiger partial charge on any atom is 0.234 e. The lowest BCUT2D eigenvalue weighted by Gasteiger charge is -2.11. The smallest absolute Gasteiger partial charge is 0.234 e. The van der Waals surface area contributed by atoms with Crippen LogP contribution in [0.3, 0.4) is 0 Å². The number of ether oxygens (including phenoxy) is 1. The van der Waals surface area contributed by atoms with Crippen molar-refractivity contribution >= 4 is 46.6 Å². The summed E-state index contributed by atoms with van der Waals surface area (Å²) in [7, 11) is 1.55. The topological polar surface area (TPSA) is 67.4 Å². The number of aryl methyl sites for hydroxylation is 2. The van der Waals surface area contributed by atoms with Crippen LogP contribution >= 0.6 is 23.4 Å². The molecule has 2 aromatic rings. The zero-order valence-electron chi connectivity index (χ0n) is 14.9. The molecule has 0 aliphatic carbocycles. The number of anilines is 2. The van der Waals surface area contributed by atoms with E-state index in [-0.39, 0.29) is 23.3 Å². The summed E-state index contributed by atoms with van der Waals surface area (Å²) in [4.78, 5) is 24.1. The maximum atomic E-state index is 12.1. The van der Waals surface area contributed by atoms with Gasteiger partial charge in [-0.3, -0.25) is 9.59 Å². The third-order valence-electron chi connectivity index (χ3n) is 3.56. The normalized spacial score (nSPS) is 10.3. The summed E-state index contributed by atoms with van der Waals surface area (Å²) in [6.07, 6.45) is 0. The Balaban J connectivity index is 1.81. The van der Waals surface area contributed by atoms with E-state index in [4.69, 9.17) is 16.3 Å². The first kappa shape index (κ1) is 20.1. The number of carbonyl (C=O) groups is 2. The molecule has 0 bridgehead atoms. The van der Waals surface area contributed by atoms with Crippen molar-refractivity contribution in [3.8, 4) is 5.75 Å². The van der Waals surface area contributed by atoms with Crippen LogP contribution in [0.2, 0.25) is 5.02 Å². The molecule has 138 valence electrons. The van der Waals surface area contributed by atoms with Crippen LogP contribution in [0.5, 0.6) is 5.75 Å². The van der Waals surface area contributed by atoms with Gasteiger partial charge < -0.3 is 15.4 Å². The summed E-state index contributed by atoms with van der Waals surface area (Å²) in [6.45, 7) is 3.81. The van der Waals surface area contributed by atoms with Crippen molar-refractivity contribution in [2.24, 2.45) is 0 Å². The molecule has 0 heterocycles. The van der Waals surface area contributed by atoms with Crippen molar-refractivity contribution in [1.29, 1.82) is 0 Å². The van der Waals surface area contributed by atoms with E-state index in [0.717, 1.165) is 11.1 Å². The molecule has 0 aliphatic rings. The Hall–Kier alpha value is -2.18. The molecule has 0 saturated carbocycles. The number of halogens is 1. The quantitative estimate of drug-likeness (QED) is 0.738. The van der Waals surface area contributed by atoms with Crippen LogP contribution in [-0.4, -0.2) is 30.4 Å². The largest absolute Gasteiger partial charge is 0.495 e. The average Bonchev–Trinajstić information content (AvgIpc) is 2.57. The highest BCUT2D eigenvalue weighted by Crippen LogP contribution is 2.25. The molecule has 2 aromatic carbocycles. The van der Waals surface area contributed by atoms with Crippen molar-refractivity contribution in [2.45, 2.75) is 13.8 Å². The first-order valence-electron chi connectivity index (χ1n) is 7.97. The van der Waals surface area contributed by atoms with Gasteiger partial charge in [-0.25, -0.2) is 0 Å². The van der Waals surface area contributed by atoms with Crippen LogP contribution in [0.1, 0.15) is 11.1 Å². The van der Waals surface area contributed by atoms with Gasteiger partial charge in [0.05, 0.1) is 24.3 Å². The fourth-order valence-electron chi connectivity index (χ4n) is 2.30. The third-order valence-corrected chi connectivity index (χ3v) is 4.73. The van der Waals surface area contributed by atoms with Gasteiger partial charge in [0.2, 0.25) is 11.8 Å². The molecule has 0 atom stereocenters. The Morgan fingerprint density at radius 2 is 1.65 bits per heavy atom. The van der Waals surface area contributed by atoms with E-state index in [1.807, 2.05) is 26.0 Å². The Morgan fingerprint density at radius 1 is 1.00 bits per heavy atom. The lowest BCUT2D eigenvalue weighted by molar-refractivity contribution is -0.114. The first-order chi connectivity index (χ1) is 12.4. The highest BCUT2D eigenvalue weighted by molar-refractivity contribution is 8.00. The zero-order chi connectivity index (χ0) is 19.1. The van der Waals surface area contributed by atoms with Crippen molar-refractivity contribution in [3.63, 3.8) is 0 Å². The summed E-state index contributed by atoms with van der Waals surface area (Å²) >= 11 is 7.14. The van der Waals surface area contributed by atoms with Crippen LogP contribution in [-0.2, 0) is 9.59 Å². The first-order valence-corrected chi connectivity index (χ1v) is 9.50. The second-order valence-electron chi connectivity index (χ2n) is 5.75. The van der Waals surface area contributed by atoms with E-state index in [1.165, 1.54) is 11.8 Å². The summed E-state index contributed by atoms with van der Waals surface area (Å²) in [5, 5.41) is 6.25. The molecular weight excluding hydrogens is 372 g/mol. The molecule has 7 heteroatoms. The van der Waals surface area contributed by atoms with Crippen LogP contribution in [0.25, 0.3) is 0 Å². The van der Waals surface area contributed by atoms with Crippen LogP contribution in [0, 0.1) is 13.8 Å². The average molecular weight is 393 g/mol. The molecule has 5 nitrogen and oxygen atoms in total. The molecular formula is C19H21ClN2O3S. The molecule has 26 heavy (non-hydrogen) atoms. The van der Waals surface area contributed by atoms with Gasteiger partial charge in [0.15, 0.2) is 0 Å². The second-order valence-corrected chi connectivity index (χ2v) is 7.17. The van der Waals surface area contributed by atoms with Gasteiger partial charge in [-0.2, -0.15) is 0 Å². The molecule has 2 rings (SSSR count). The van der Waals surface area contributed by atoms with E-state index in [9.17, 15) is 9.59 Å². The predicted octanol–water partition coefficient (Wildman–Crippen LogP) is 4.28. The van der Waals surface area contributed by atoms with Gasteiger partial charge in [0.1, 0.15) is 5.75 Å². The number of benzene rings is 2. The van der Waals surface area contributed by atoms with Gasteiger partial charge in [-0.15, -0.1) is 11.8 Å². The van der Waals surface area contributed by atoms with E-state index in [1.54, 1.807) is 31.4 Å². The van der Waals surface area contributed by atoms with Crippen molar-refractivity contribution < 1.29 is 14.3 Å². The monoisotopic (exact) mass is 392 g/mol. The fourth-order valence-corrected chi connectivity index (χ4v) is 3.14.